The average molecular weight is 345 g/mol. The van der Waals surface area contributed by atoms with Gasteiger partial charge in [0.2, 0.25) is 5.91 Å². The summed E-state index contributed by atoms with van der Waals surface area (Å²) in [6.45, 7) is 8.81. The normalized spacial score (nSPS) is 32.7. The molecule has 6 heteroatoms. The van der Waals surface area contributed by atoms with Crippen molar-refractivity contribution >= 4 is 15.6 Å². The van der Waals surface area contributed by atoms with Crippen LogP contribution in [0, 0.1) is 5.92 Å². The zero-order chi connectivity index (χ0) is 16.9. The van der Waals surface area contributed by atoms with E-state index in [1.165, 1.54) is 0 Å². The van der Waals surface area contributed by atoms with E-state index in [1.54, 1.807) is 0 Å². The van der Waals surface area contributed by atoms with Crippen molar-refractivity contribution in [3.05, 3.63) is 0 Å². The van der Waals surface area contributed by atoms with Gasteiger partial charge in [-0.15, -0.1) is 0 Å². The first-order chi connectivity index (χ1) is 10.9. The summed E-state index contributed by atoms with van der Waals surface area (Å²) >= 11 is 0. The Morgan fingerprint density at radius 1 is 1.35 bits per heavy atom. The zero-order valence-electron chi connectivity index (χ0n) is 14.9. The highest BCUT2D eigenvalue weighted by molar-refractivity contribution is 7.93. The van der Waals surface area contributed by atoms with Crippen LogP contribution in [0.5, 0.6) is 0 Å². The predicted octanol–water partition coefficient (Wildman–Crippen LogP) is 2.69. The molecular formula is C17H32N2O3S. The van der Waals surface area contributed by atoms with Gasteiger partial charge in [-0.05, 0) is 25.7 Å². The fourth-order valence-corrected chi connectivity index (χ4v) is 5.98. The van der Waals surface area contributed by atoms with Crippen LogP contribution in [-0.2, 0) is 19.3 Å². The molecule has 2 aliphatic heterocycles. The number of amides is 1. The molecule has 2 fully saturated rings. The second kappa shape index (κ2) is 7.97. The van der Waals surface area contributed by atoms with Gasteiger partial charge in [-0.25, -0.2) is 8.57 Å². The first-order valence-electron chi connectivity index (χ1n) is 9.02. The molecule has 0 bridgehead atoms. The molecule has 0 aromatic carbocycles. The van der Waals surface area contributed by atoms with Crippen LogP contribution in [0.4, 0.5) is 0 Å². The SMILES string of the molecule is CCCC(C)CC(=O)N1CCOC2(CCS(=O)(=NCC)CC2)C1. The molecule has 0 radical (unpaired) electrons. The van der Waals surface area contributed by atoms with Gasteiger partial charge in [0.1, 0.15) is 0 Å². The highest BCUT2D eigenvalue weighted by Gasteiger charge is 2.42. The van der Waals surface area contributed by atoms with Crippen LogP contribution < -0.4 is 0 Å². The third-order valence-corrected chi connectivity index (χ3v) is 7.44. The van der Waals surface area contributed by atoms with E-state index in [4.69, 9.17) is 4.74 Å². The Kier molecular flexibility index (Phi) is 6.48. The van der Waals surface area contributed by atoms with Crippen LogP contribution in [0.2, 0.25) is 0 Å². The van der Waals surface area contributed by atoms with Crippen molar-refractivity contribution < 1.29 is 13.7 Å². The van der Waals surface area contributed by atoms with Gasteiger partial charge in [-0.2, -0.15) is 0 Å². The maximum Gasteiger partial charge on any atom is 0.223 e. The summed E-state index contributed by atoms with van der Waals surface area (Å²) < 4.78 is 22.9. The number of ether oxygens (including phenoxy) is 1. The van der Waals surface area contributed by atoms with Gasteiger partial charge in [-0.1, -0.05) is 26.7 Å². The van der Waals surface area contributed by atoms with E-state index < -0.39 is 9.73 Å². The van der Waals surface area contributed by atoms with Crippen LogP contribution >= 0.6 is 0 Å². The van der Waals surface area contributed by atoms with Gasteiger partial charge in [-0.3, -0.25) is 4.79 Å². The zero-order valence-corrected chi connectivity index (χ0v) is 15.7. The molecule has 134 valence electrons. The lowest BCUT2D eigenvalue weighted by Crippen LogP contribution is -2.56. The Balaban J connectivity index is 1.95. The second-order valence-electron chi connectivity index (χ2n) is 7.07. The van der Waals surface area contributed by atoms with Gasteiger partial charge < -0.3 is 9.64 Å². The van der Waals surface area contributed by atoms with Crippen molar-refractivity contribution in [2.45, 2.75) is 58.5 Å². The van der Waals surface area contributed by atoms with Crippen molar-refractivity contribution in [2.24, 2.45) is 10.3 Å². The summed E-state index contributed by atoms with van der Waals surface area (Å²) in [6.07, 6.45) is 4.36. The molecule has 1 unspecified atom stereocenters. The molecular weight excluding hydrogens is 312 g/mol. The topological polar surface area (TPSA) is 59.0 Å². The number of carbonyl (C=O) groups is 1. The molecule has 0 aromatic rings. The van der Waals surface area contributed by atoms with E-state index in [9.17, 15) is 9.00 Å². The molecule has 0 aromatic heterocycles. The van der Waals surface area contributed by atoms with Crippen LogP contribution in [-0.4, -0.2) is 58.4 Å². The third kappa shape index (κ3) is 4.92. The summed E-state index contributed by atoms with van der Waals surface area (Å²) in [6, 6.07) is 0. The van der Waals surface area contributed by atoms with E-state index in [1.807, 2.05) is 11.8 Å². The number of morpholine rings is 1. The minimum Gasteiger partial charge on any atom is -0.371 e. The minimum absolute atomic E-state index is 0.248. The first-order valence-corrected chi connectivity index (χ1v) is 10.9. The average Bonchev–Trinajstić information content (AvgIpc) is 2.52. The standard InChI is InChI=1S/C17H32N2O3S/c1-4-6-15(3)13-16(20)19-9-10-22-17(14-19)7-11-23(21,12-8-17)18-5-2/h15H,4-14H2,1-3H3. The van der Waals surface area contributed by atoms with Crippen LogP contribution in [0.3, 0.4) is 0 Å². The summed E-state index contributed by atoms with van der Waals surface area (Å²) in [5, 5.41) is 0. The lowest BCUT2D eigenvalue weighted by Gasteiger charge is -2.45. The molecule has 2 aliphatic rings. The molecule has 2 heterocycles. The number of hydrogen-bond donors (Lipinski definition) is 0. The van der Waals surface area contributed by atoms with Crippen molar-refractivity contribution in [2.75, 3.05) is 37.7 Å². The lowest BCUT2D eigenvalue weighted by molar-refractivity contribution is -0.152. The fourth-order valence-electron chi connectivity index (χ4n) is 3.66. The molecule has 1 atom stereocenters. The van der Waals surface area contributed by atoms with Crippen LogP contribution in [0.15, 0.2) is 4.36 Å². The van der Waals surface area contributed by atoms with E-state index in [2.05, 4.69) is 18.2 Å². The Morgan fingerprint density at radius 2 is 2.04 bits per heavy atom. The van der Waals surface area contributed by atoms with E-state index >= 15 is 0 Å². The first kappa shape index (κ1) is 18.7. The molecule has 1 spiro atoms. The molecule has 5 nitrogen and oxygen atoms in total. The monoisotopic (exact) mass is 344 g/mol. The van der Waals surface area contributed by atoms with E-state index in [0.29, 0.717) is 50.1 Å². The predicted molar refractivity (Wildman–Crippen MR) is 94.0 cm³/mol. The van der Waals surface area contributed by atoms with Gasteiger partial charge in [0.15, 0.2) is 0 Å². The smallest absolute Gasteiger partial charge is 0.223 e. The maximum absolute atomic E-state index is 12.6. The third-order valence-electron chi connectivity index (χ3n) is 5.02. The molecule has 2 saturated heterocycles. The van der Waals surface area contributed by atoms with Gasteiger partial charge in [0.05, 0.1) is 12.2 Å². The Bertz CT molecular complexity index is 512. The highest BCUT2D eigenvalue weighted by atomic mass is 32.2. The molecule has 1 amide bonds. The minimum atomic E-state index is -2.04. The van der Waals surface area contributed by atoms with Crippen molar-refractivity contribution in [1.82, 2.24) is 4.90 Å². The summed E-state index contributed by atoms with van der Waals surface area (Å²) in [5.74, 6) is 1.91. The fraction of sp³-hybridized carbons (Fsp3) is 0.941. The number of rotatable bonds is 5. The molecule has 0 saturated carbocycles. The van der Waals surface area contributed by atoms with Crippen molar-refractivity contribution in [1.29, 1.82) is 0 Å². The lowest BCUT2D eigenvalue weighted by atomic mass is 9.93. The van der Waals surface area contributed by atoms with Crippen LogP contribution in [0.25, 0.3) is 0 Å². The largest absolute Gasteiger partial charge is 0.371 e. The van der Waals surface area contributed by atoms with Gasteiger partial charge in [0.25, 0.3) is 0 Å². The summed E-state index contributed by atoms with van der Waals surface area (Å²) in [4.78, 5) is 14.5. The number of hydrogen-bond acceptors (Lipinski definition) is 4. The van der Waals surface area contributed by atoms with Crippen LogP contribution in [0.1, 0.15) is 52.9 Å². The molecule has 0 N–H and O–H groups in total. The Labute approximate surface area is 141 Å². The maximum atomic E-state index is 12.6. The molecule has 0 aliphatic carbocycles. The van der Waals surface area contributed by atoms with Gasteiger partial charge in [0, 0.05) is 47.3 Å². The van der Waals surface area contributed by atoms with Crippen molar-refractivity contribution in [3.8, 4) is 0 Å². The number of carbonyl (C=O) groups excluding carboxylic acids is 1. The quantitative estimate of drug-likeness (QED) is 0.770. The van der Waals surface area contributed by atoms with E-state index in [-0.39, 0.29) is 11.5 Å². The summed E-state index contributed by atoms with van der Waals surface area (Å²) in [5.41, 5.74) is -0.286. The molecule has 2 rings (SSSR count). The number of nitrogens with zero attached hydrogens (tertiary/aromatic N) is 2. The van der Waals surface area contributed by atoms with Gasteiger partial charge >= 0.3 is 0 Å². The molecule has 23 heavy (non-hydrogen) atoms. The highest BCUT2D eigenvalue weighted by Crippen LogP contribution is 2.32. The van der Waals surface area contributed by atoms with Crippen molar-refractivity contribution in [3.63, 3.8) is 0 Å². The Morgan fingerprint density at radius 3 is 2.65 bits per heavy atom. The Hall–Kier alpha value is -0.620. The second-order valence-corrected chi connectivity index (χ2v) is 9.69. The summed E-state index contributed by atoms with van der Waals surface area (Å²) in [7, 11) is -2.04. The van der Waals surface area contributed by atoms with E-state index in [0.717, 1.165) is 25.7 Å².